The van der Waals surface area contributed by atoms with Crippen molar-refractivity contribution in [1.29, 1.82) is 0 Å². The molecule has 0 radical (unpaired) electrons. The Morgan fingerprint density at radius 3 is 2.60 bits per heavy atom. The van der Waals surface area contributed by atoms with E-state index in [9.17, 15) is 4.79 Å². The molecule has 1 aromatic carbocycles. The van der Waals surface area contributed by atoms with Gasteiger partial charge in [-0.3, -0.25) is 4.90 Å². The molecule has 0 saturated carbocycles. The van der Waals surface area contributed by atoms with Gasteiger partial charge >= 0.3 is 5.97 Å². The summed E-state index contributed by atoms with van der Waals surface area (Å²) in [5, 5.41) is 8.91. The molecule has 0 aliphatic heterocycles. The maximum absolute atomic E-state index is 10.9. The number of aromatic carboxylic acids is 1. The Morgan fingerprint density at radius 2 is 2.05 bits per heavy atom. The molecular weight excluding hydrogens is 254 g/mol. The summed E-state index contributed by atoms with van der Waals surface area (Å²) in [6.07, 6.45) is 0.919. The smallest absolute Gasteiger partial charge is 0.335 e. The third-order valence-electron chi connectivity index (χ3n) is 3.25. The van der Waals surface area contributed by atoms with Gasteiger partial charge in [-0.1, -0.05) is 13.0 Å². The van der Waals surface area contributed by atoms with E-state index >= 15 is 0 Å². The van der Waals surface area contributed by atoms with Crippen LogP contribution < -0.4 is 4.74 Å². The molecule has 0 fully saturated rings. The predicted molar refractivity (Wildman–Crippen MR) is 80.5 cm³/mol. The van der Waals surface area contributed by atoms with Crippen molar-refractivity contribution in [3.05, 3.63) is 29.8 Å². The van der Waals surface area contributed by atoms with Crippen LogP contribution in [0.25, 0.3) is 0 Å². The van der Waals surface area contributed by atoms with Crippen LogP contribution in [0.2, 0.25) is 0 Å². The Balaban J connectivity index is 2.41. The quantitative estimate of drug-likeness (QED) is 0.778. The van der Waals surface area contributed by atoms with E-state index in [1.165, 1.54) is 0 Å². The van der Waals surface area contributed by atoms with Gasteiger partial charge in [0.1, 0.15) is 5.75 Å². The van der Waals surface area contributed by atoms with Gasteiger partial charge in [-0.25, -0.2) is 4.79 Å². The summed E-state index contributed by atoms with van der Waals surface area (Å²) in [6.45, 7) is 11.3. The molecule has 0 heterocycles. The van der Waals surface area contributed by atoms with Crippen LogP contribution in [0.5, 0.6) is 5.75 Å². The van der Waals surface area contributed by atoms with Crippen molar-refractivity contribution >= 4 is 5.97 Å². The highest BCUT2D eigenvalue weighted by atomic mass is 16.5. The number of ether oxygens (including phenoxy) is 1. The molecule has 0 saturated heterocycles. The lowest BCUT2D eigenvalue weighted by Crippen LogP contribution is -2.42. The van der Waals surface area contributed by atoms with Gasteiger partial charge in [0.15, 0.2) is 0 Å². The molecule has 1 rings (SSSR count). The summed E-state index contributed by atoms with van der Waals surface area (Å²) in [6, 6.07) is 6.61. The largest absolute Gasteiger partial charge is 0.494 e. The highest BCUT2D eigenvalue weighted by molar-refractivity contribution is 5.87. The number of carboxylic acids is 1. The number of benzene rings is 1. The third kappa shape index (κ3) is 5.21. The zero-order chi connectivity index (χ0) is 15.2. The molecule has 4 heteroatoms. The average molecular weight is 279 g/mol. The topological polar surface area (TPSA) is 49.8 Å². The molecule has 1 aromatic rings. The third-order valence-corrected chi connectivity index (χ3v) is 3.25. The average Bonchev–Trinajstić information content (AvgIpc) is 2.37. The molecule has 4 nitrogen and oxygen atoms in total. The number of carbonyl (C=O) groups is 1. The first-order valence-electron chi connectivity index (χ1n) is 7.06. The second kappa shape index (κ2) is 7.29. The van der Waals surface area contributed by atoms with E-state index in [0.29, 0.717) is 12.4 Å². The minimum absolute atomic E-state index is 0.165. The highest BCUT2D eigenvalue weighted by Crippen LogP contribution is 2.15. The Bertz CT molecular complexity index is 438. The van der Waals surface area contributed by atoms with Gasteiger partial charge < -0.3 is 9.84 Å². The standard InChI is InChI=1S/C16H25NO3/c1-5-17(16(2,3)4)10-7-11-20-14-9-6-8-13(12-14)15(18)19/h6,8-9,12H,5,7,10-11H2,1-4H3,(H,18,19). The summed E-state index contributed by atoms with van der Waals surface area (Å²) in [5.41, 5.74) is 0.421. The zero-order valence-corrected chi connectivity index (χ0v) is 12.8. The lowest BCUT2D eigenvalue weighted by molar-refractivity contribution is 0.0696. The van der Waals surface area contributed by atoms with Crippen LogP contribution in [0.1, 0.15) is 44.5 Å². The molecule has 0 atom stereocenters. The van der Waals surface area contributed by atoms with Gasteiger partial charge in [0.25, 0.3) is 0 Å². The van der Waals surface area contributed by atoms with Crippen molar-refractivity contribution in [2.24, 2.45) is 0 Å². The molecule has 0 spiro atoms. The maximum Gasteiger partial charge on any atom is 0.335 e. The van der Waals surface area contributed by atoms with Crippen molar-refractivity contribution in [3.8, 4) is 5.75 Å². The first-order chi connectivity index (χ1) is 9.34. The van der Waals surface area contributed by atoms with Gasteiger partial charge in [0.2, 0.25) is 0 Å². The molecule has 0 amide bonds. The van der Waals surface area contributed by atoms with Crippen LogP contribution in [0.4, 0.5) is 0 Å². The SMILES string of the molecule is CCN(CCCOc1cccc(C(=O)O)c1)C(C)(C)C. The van der Waals surface area contributed by atoms with Crippen LogP contribution in [0.3, 0.4) is 0 Å². The second-order valence-electron chi connectivity index (χ2n) is 5.79. The molecule has 0 aliphatic carbocycles. The lowest BCUT2D eigenvalue weighted by atomic mass is 10.1. The van der Waals surface area contributed by atoms with E-state index in [0.717, 1.165) is 19.5 Å². The van der Waals surface area contributed by atoms with Gasteiger partial charge in [-0.15, -0.1) is 0 Å². The Hall–Kier alpha value is -1.55. The Labute approximate surface area is 121 Å². The molecule has 0 aromatic heterocycles. The fraction of sp³-hybridized carbons (Fsp3) is 0.562. The van der Waals surface area contributed by atoms with E-state index in [1.54, 1.807) is 24.3 Å². The molecule has 0 unspecified atom stereocenters. The maximum atomic E-state index is 10.9. The van der Waals surface area contributed by atoms with Gasteiger partial charge in [0, 0.05) is 12.1 Å². The van der Waals surface area contributed by atoms with Crippen LogP contribution in [0, 0.1) is 0 Å². The fourth-order valence-electron chi connectivity index (χ4n) is 2.13. The van der Waals surface area contributed by atoms with Crippen LogP contribution in [-0.2, 0) is 0 Å². The van der Waals surface area contributed by atoms with E-state index in [-0.39, 0.29) is 11.1 Å². The summed E-state index contributed by atoms with van der Waals surface area (Å²) < 4.78 is 5.61. The first-order valence-corrected chi connectivity index (χ1v) is 7.06. The molecule has 0 bridgehead atoms. The molecule has 0 aliphatic rings. The zero-order valence-electron chi connectivity index (χ0n) is 12.8. The highest BCUT2D eigenvalue weighted by Gasteiger charge is 2.18. The van der Waals surface area contributed by atoms with E-state index in [1.807, 2.05) is 0 Å². The first kappa shape index (κ1) is 16.5. The van der Waals surface area contributed by atoms with Gasteiger partial charge in [-0.2, -0.15) is 0 Å². The second-order valence-corrected chi connectivity index (χ2v) is 5.79. The van der Waals surface area contributed by atoms with Crippen LogP contribution >= 0.6 is 0 Å². The number of hydrogen-bond donors (Lipinski definition) is 1. The van der Waals surface area contributed by atoms with Crippen molar-refractivity contribution in [3.63, 3.8) is 0 Å². The monoisotopic (exact) mass is 279 g/mol. The van der Waals surface area contributed by atoms with Gasteiger partial charge in [0.05, 0.1) is 12.2 Å². The number of nitrogens with zero attached hydrogens (tertiary/aromatic N) is 1. The normalized spacial score (nSPS) is 11.7. The fourth-order valence-corrected chi connectivity index (χ4v) is 2.13. The molecule has 112 valence electrons. The van der Waals surface area contributed by atoms with Crippen LogP contribution in [0.15, 0.2) is 24.3 Å². The van der Waals surface area contributed by atoms with E-state index < -0.39 is 5.97 Å². The number of hydrogen-bond acceptors (Lipinski definition) is 3. The van der Waals surface area contributed by atoms with E-state index in [4.69, 9.17) is 9.84 Å². The molecular formula is C16H25NO3. The molecule has 20 heavy (non-hydrogen) atoms. The van der Waals surface area contributed by atoms with Crippen molar-refractivity contribution < 1.29 is 14.6 Å². The Kier molecular flexibility index (Phi) is 6.02. The lowest BCUT2D eigenvalue weighted by Gasteiger charge is -2.34. The summed E-state index contributed by atoms with van der Waals surface area (Å²) in [5.74, 6) is -0.316. The van der Waals surface area contributed by atoms with Crippen molar-refractivity contribution in [2.45, 2.75) is 39.7 Å². The summed E-state index contributed by atoms with van der Waals surface area (Å²) >= 11 is 0. The summed E-state index contributed by atoms with van der Waals surface area (Å²) in [4.78, 5) is 13.3. The van der Waals surface area contributed by atoms with Crippen molar-refractivity contribution in [1.82, 2.24) is 4.90 Å². The van der Waals surface area contributed by atoms with Crippen LogP contribution in [-0.4, -0.2) is 41.2 Å². The van der Waals surface area contributed by atoms with E-state index in [2.05, 4.69) is 32.6 Å². The molecule has 1 N–H and O–H groups in total. The minimum Gasteiger partial charge on any atom is -0.494 e. The number of carboxylic acid groups (broad SMARTS) is 1. The van der Waals surface area contributed by atoms with Crippen molar-refractivity contribution in [2.75, 3.05) is 19.7 Å². The Morgan fingerprint density at radius 1 is 1.35 bits per heavy atom. The number of rotatable bonds is 7. The predicted octanol–water partition coefficient (Wildman–Crippen LogP) is 3.27. The summed E-state index contributed by atoms with van der Waals surface area (Å²) in [7, 11) is 0. The minimum atomic E-state index is -0.930. The van der Waals surface area contributed by atoms with Gasteiger partial charge in [-0.05, 0) is 51.9 Å².